The van der Waals surface area contributed by atoms with Crippen molar-refractivity contribution in [1.82, 2.24) is 0 Å². The number of rotatable bonds is 9. The average molecular weight is 465 g/mol. The summed E-state index contributed by atoms with van der Waals surface area (Å²) in [4.78, 5) is 0. The SMILES string of the molecule is CCCCC/C=C/CCC(c1cc(C)cc(C(C)(C)C)c1O)c1cc(C)cc(C(C)(C)C)c1O. The van der Waals surface area contributed by atoms with Crippen molar-refractivity contribution < 1.29 is 10.2 Å². The van der Waals surface area contributed by atoms with Crippen molar-refractivity contribution in [2.24, 2.45) is 0 Å². The third-order valence-corrected chi connectivity index (χ3v) is 6.70. The van der Waals surface area contributed by atoms with Crippen molar-refractivity contribution in [2.45, 2.75) is 118 Å². The Balaban J connectivity index is 2.60. The lowest BCUT2D eigenvalue weighted by molar-refractivity contribution is 0.425. The van der Waals surface area contributed by atoms with Gasteiger partial charge in [-0.1, -0.05) is 109 Å². The molecule has 0 aromatic heterocycles. The van der Waals surface area contributed by atoms with E-state index in [1.807, 2.05) is 0 Å². The Morgan fingerprint density at radius 2 is 1.15 bits per heavy atom. The molecule has 0 saturated carbocycles. The third-order valence-electron chi connectivity index (χ3n) is 6.70. The molecule has 0 saturated heterocycles. The smallest absolute Gasteiger partial charge is 0.123 e. The molecule has 34 heavy (non-hydrogen) atoms. The summed E-state index contributed by atoms with van der Waals surface area (Å²) in [7, 11) is 0. The van der Waals surface area contributed by atoms with E-state index in [4.69, 9.17) is 0 Å². The minimum absolute atomic E-state index is 0.0812. The number of phenolic OH excluding ortho intramolecular Hbond substituents is 2. The fourth-order valence-corrected chi connectivity index (χ4v) is 4.78. The molecule has 2 nitrogen and oxygen atoms in total. The summed E-state index contributed by atoms with van der Waals surface area (Å²) in [6, 6.07) is 8.41. The van der Waals surface area contributed by atoms with Gasteiger partial charge < -0.3 is 10.2 Å². The van der Waals surface area contributed by atoms with E-state index in [0.29, 0.717) is 11.5 Å². The lowest BCUT2D eigenvalue weighted by Gasteiger charge is -2.29. The molecule has 0 aliphatic heterocycles. The largest absolute Gasteiger partial charge is 0.507 e. The first kappa shape index (κ1) is 28.0. The van der Waals surface area contributed by atoms with Crippen LogP contribution in [-0.4, -0.2) is 10.2 Å². The third kappa shape index (κ3) is 7.14. The lowest BCUT2D eigenvalue weighted by atomic mass is 9.77. The van der Waals surface area contributed by atoms with E-state index in [2.05, 4.69) is 98.7 Å². The van der Waals surface area contributed by atoms with Gasteiger partial charge in [-0.3, -0.25) is 0 Å². The first-order valence-corrected chi connectivity index (χ1v) is 13.1. The van der Waals surface area contributed by atoms with Crippen LogP contribution in [0.2, 0.25) is 0 Å². The molecule has 0 fully saturated rings. The summed E-state index contributed by atoms with van der Waals surface area (Å²) in [5, 5.41) is 22.9. The van der Waals surface area contributed by atoms with Gasteiger partial charge in [-0.2, -0.15) is 0 Å². The van der Waals surface area contributed by atoms with Gasteiger partial charge in [0, 0.05) is 17.0 Å². The summed E-state index contributed by atoms with van der Waals surface area (Å²) in [5.41, 5.74) is 5.72. The quantitative estimate of drug-likeness (QED) is 0.286. The molecule has 0 aliphatic rings. The molecular weight excluding hydrogens is 416 g/mol. The van der Waals surface area contributed by atoms with E-state index in [1.54, 1.807) is 0 Å². The fourth-order valence-electron chi connectivity index (χ4n) is 4.78. The highest BCUT2D eigenvalue weighted by Gasteiger charge is 2.29. The molecule has 0 radical (unpaired) electrons. The number of aromatic hydroxyl groups is 2. The summed E-state index contributed by atoms with van der Waals surface area (Å²) >= 11 is 0. The van der Waals surface area contributed by atoms with E-state index < -0.39 is 0 Å². The zero-order valence-corrected chi connectivity index (χ0v) is 23.2. The number of phenols is 2. The number of benzene rings is 2. The van der Waals surface area contributed by atoms with E-state index in [-0.39, 0.29) is 16.7 Å². The Labute approximate surface area is 209 Å². The van der Waals surface area contributed by atoms with Gasteiger partial charge in [0.2, 0.25) is 0 Å². The van der Waals surface area contributed by atoms with Gasteiger partial charge in [-0.25, -0.2) is 0 Å². The molecule has 0 spiro atoms. The molecule has 0 unspecified atom stereocenters. The van der Waals surface area contributed by atoms with Crippen LogP contribution in [0.15, 0.2) is 36.4 Å². The van der Waals surface area contributed by atoms with Crippen molar-refractivity contribution in [2.75, 3.05) is 0 Å². The Bertz CT molecular complexity index is 914. The number of hydrogen-bond donors (Lipinski definition) is 2. The first-order chi connectivity index (χ1) is 15.8. The predicted molar refractivity (Wildman–Crippen MR) is 147 cm³/mol. The molecule has 2 aromatic carbocycles. The topological polar surface area (TPSA) is 40.5 Å². The summed E-state index contributed by atoms with van der Waals surface area (Å²) in [6.07, 6.45) is 11.2. The summed E-state index contributed by atoms with van der Waals surface area (Å²) < 4.78 is 0. The summed E-state index contributed by atoms with van der Waals surface area (Å²) in [6.45, 7) is 19.3. The fraction of sp³-hybridized carbons (Fsp3) is 0.562. The second kappa shape index (κ2) is 11.5. The van der Waals surface area contributed by atoms with Crippen LogP contribution in [0.4, 0.5) is 0 Å². The second-order valence-electron chi connectivity index (χ2n) is 12.1. The number of hydrogen-bond acceptors (Lipinski definition) is 2. The van der Waals surface area contributed by atoms with Gasteiger partial charge in [0.05, 0.1) is 0 Å². The average Bonchev–Trinajstić information content (AvgIpc) is 2.72. The molecule has 2 N–H and O–H groups in total. The van der Waals surface area contributed by atoms with E-state index in [9.17, 15) is 10.2 Å². The van der Waals surface area contributed by atoms with Crippen LogP contribution < -0.4 is 0 Å². The van der Waals surface area contributed by atoms with Crippen LogP contribution >= 0.6 is 0 Å². The molecule has 188 valence electrons. The van der Waals surface area contributed by atoms with Gasteiger partial charge in [-0.05, 0) is 61.5 Å². The summed E-state index contributed by atoms with van der Waals surface area (Å²) in [5.74, 6) is 0.656. The van der Waals surface area contributed by atoms with Crippen LogP contribution in [0.1, 0.15) is 126 Å². The highest BCUT2D eigenvalue weighted by Crippen LogP contribution is 2.46. The van der Waals surface area contributed by atoms with Crippen LogP contribution in [0, 0.1) is 13.8 Å². The monoisotopic (exact) mass is 464 g/mol. The molecule has 2 aromatic rings. The Hall–Kier alpha value is -2.22. The molecule has 0 aliphatic carbocycles. The van der Waals surface area contributed by atoms with E-state index >= 15 is 0 Å². The number of unbranched alkanes of at least 4 members (excludes halogenated alkanes) is 3. The maximum Gasteiger partial charge on any atom is 0.123 e. The van der Waals surface area contributed by atoms with Gasteiger partial charge in [0.25, 0.3) is 0 Å². The van der Waals surface area contributed by atoms with Crippen molar-refractivity contribution in [3.05, 3.63) is 69.8 Å². The molecular formula is C32H48O2. The maximum absolute atomic E-state index is 11.5. The van der Waals surface area contributed by atoms with Crippen LogP contribution in [0.3, 0.4) is 0 Å². The minimum atomic E-state index is -0.167. The molecule has 0 atom stereocenters. The molecule has 0 heterocycles. The molecule has 2 rings (SSSR count). The minimum Gasteiger partial charge on any atom is -0.507 e. The maximum atomic E-state index is 11.5. The van der Waals surface area contributed by atoms with Crippen LogP contribution in [0.25, 0.3) is 0 Å². The van der Waals surface area contributed by atoms with Gasteiger partial charge in [0.1, 0.15) is 11.5 Å². The van der Waals surface area contributed by atoms with Crippen LogP contribution in [-0.2, 0) is 10.8 Å². The predicted octanol–water partition coefficient (Wildman–Crippen LogP) is 9.36. The van der Waals surface area contributed by atoms with Crippen LogP contribution in [0.5, 0.6) is 11.5 Å². The lowest BCUT2D eigenvalue weighted by Crippen LogP contribution is -2.15. The zero-order chi connectivity index (χ0) is 25.7. The highest BCUT2D eigenvalue weighted by molar-refractivity contribution is 5.56. The van der Waals surface area contributed by atoms with Crippen molar-refractivity contribution in [1.29, 1.82) is 0 Å². The Morgan fingerprint density at radius 1 is 0.706 bits per heavy atom. The van der Waals surface area contributed by atoms with Crippen molar-refractivity contribution in [3.8, 4) is 11.5 Å². The van der Waals surface area contributed by atoms with Gasteiger partial charge in [0.15, 0.2) is 0 Å². The molecule has 0 amide bonds. The highest BCUT2D eigenvalue weighted by atomic mass is 16.3. The Morgan fingerprint density at radius 3 is 1.56 bits per heavy atom. The Kier molecular flexibility index (Phi) is 9.45. The standard InChI is InChI=1S/C32H48O2/c1-10-11-12-13-14-15-16-17-24(25-18-22(2)20-27(29(25)33)31(4,5)6)26-19-23(3)21-28(30(26)34)32(7,8)9/h14-15,18-21,24,33-34H,10-13,16-17H2,1-9H3/b15-14+. The molecule has 2 heteroatoms. The normalized spacial score (nSPS) is 12.8. The van der Waals surface area contributed by atoms with Gasteiger partial charge in [-0.15, -0.1) is 0 Å². The second-order valence-corrected chi connectivity index (χ2v) is 12.1. The van der Waals surface area contributed by atoms with E-state index in [0.717, 1.165) is 52.6 Å². The first-order valence-electron chi connectivity index (χ1n) is 13.1. The molecule has 0 bridgehead atoms. The number of aryl methyl sites for hydroxylation is 2. The van der Waals surface area contributed by atoms with Crippen molar-refractivity contribution in [3.63, 3.8) is 0 Å². The number of allylic oxidation sites excluding steroid dienone is 2. The zero-order valence-electron chi connectivity index (χ0n) is 23.2. The van der Waals surface area contributed by atoms with E-state index in [1.165, 1.54) is 19.3 Å². The van der Waals surface area contributed by atoms with Gasteiger partial charge >= 0.3 is 0 Å². The van der Waals surface area contributed by atoms with Crippen molar-refractivity contribution >= 4 is 0 Å².